The van der Waals surface area contributed by atoms with E-state index in [4.69, 9.17) is 0 Å². The normalized spacial score (nSPS) is 10.2. The summed E-state index contributed by atoms with van der Waals surface area (Å²) in [4.78, 5) is 18.1. The number of anilines is 3. The van der Waals surface area contributed by atoms with Gasteiger partial charge in [-0.15, -0.1) is 0 Å². The summed E-state index contributed by atoms with van der Waals surface area (Å²) in [5.41, 5.74) is 0.429. The number of hydrogen-bond acceptors (Lipinski definition) is 6. The van der Waals surface area contributed by atoms with Crippen LogP contribution in [0.25, 0.3) is 0 Å². The first-order chi connectivity index (χ1) is 9.54. The van der Waals surface area contributed by atoms with E-state index in [-0.39, 0.29) is 23.0 Å². The summed E-state index contributed by atoms with van der Waals surface area (Å²) in [5, 5.41) is 16.4. The van der Waals surface area contributed by atoms with E-state index in [9.17, 15) is 14.5 Å². The molecule has 1 heterocycles. The molecule has 0 unspecified atom stereocenters. The van der Waals surface area contributed by atoms with Gasteiger partial charge in [-0.1, -0.05) is 12.1 Å². The molecule has 2 aromatic rings. The minimum Gasteiger partial charge on any atom is -0.367 e. The number of aryl methyl sites for hydroxylation is 1. The van der Waals surface area contributed by atoms with E-state index in [1.165, 1.54) is 13.1 Å². The number of aromatic nitrogens is 2. The second-order valence-electron chi connectivity index (χ2n) is 3.98. The van der Waals surface area contributed by atoms with Crippen molar-refractivity contribution in [3.63, 3.8) is 0 Å². The fourth-order valence-electron chi connectivity index (χ4n) is 1.73. The molecule has 0 spiro atoms. The minimum absolute atomic E-state index is 0.0569. The van der Waals surface area contributed by atoms with Gasteiger partial charge in [-0.2, -0.15) is 0 Å². The molecule has 2 N–H and O–H groups in total. The predicted molar refractivity (Wildman–Crippen MR) is 72.7 cm³/mol. The molecule has 0 amide bonds. The lowest BCUT2D eigenvalue weighted by atomic mass is 10.2. The van der Waals surface area contributed by atoms with Crippen molar-refractivity contribution in [3.8, 4) is 0 Å². The first-order valence-corrected chi connectivity index (χ1v) is 5.74. The number of hydrogen-bond donors (Lipinski definition) is 2. The SMILES string of the molecule is CNc1ncnc(Nc2c(C)cccc2F)c1[N+](=O)[O-]. The van der Waals surface area contributed by atoms with E-state index in [0.717, 1.165) is 6.33 Å². The van der Waals surface area contributed by atoms with Crippen LogP contribution in [0.2, 0.25) is 0 Å². The van der Waals surface area contributed by atoms with Gasteiger partial charge in [0.15, 0.2) is 0 Å². The highest BCUT2D eigenvalue weighted by molar-refractivity contribution is 5.74. The molecule has 104 valence electrons. The number of nitro groups is 1. The Morgan fingerprint density at radius 2 is 2.00 bits per heavy atom. The van der Waals surface area contributed by atoms with Crippen molar-refractivity contribution >= 4 is 23.0 Å². The molecule has 0 bridgehead atoms. The Kier molecular flexibility index (Phi) is 3.74. The number of nitrogens with one attached hydrogen (secondary N) is 2. The minimum atomic E-state index is -0.621. The third-order valence-corrected chi connectivity index (χ3v) is 2.71. The number of benzene rings is 1. The molecule has 0 saturated heterocycles. The van der Waals surface area contributed by atoms with Crippen LogP contribution in [-0.4, -0.2) is 21.9 Å². The van der Waals surface area contributed by atoms with Crippen molar-refractivity contribution in [3.05, 3.63) is 46.0 Å². The molecule has 0 aliphatic rings. The second kappa shape index (κ2) is 5.47. The smallest absolute Gasteiger partial charge is 0.353 e. The first-order valence-electron chi connectivity index (χ1n) is 5.74. The summed E-state index contributed by atoms with van der Waals surface area (Å²) in [7, 11) is 1.51. The third-order valence-electron chi connectivity index (χ3n) is 2.71. The van der Waals surface area contributed by atoms with Gasteiger partial charge in [0.05, 0.1) is 10.6 Å². The Balaban J connectivity index is 2.51. The van der Waals surface area contributed by atoms with Gasteiger partial charge in [-0.05, 0) is 18.6 Å². The molecule has 7 nitrogen and oxygen atoms in total. The fraction of sp³-hybridized carbons (Fsp3) is 0.167. The monoisotopic (exact) mass is 277 g/mol. The van der Waals surface area contributed by atoms with Gasteiger partial charge in [0.25, 0.3) is 0 Å². The van der Waals surface area contributed by atoms with E-state index in [2.05, 4.69) is 20.6 Å². The van der Waals surface area contributed by atoms with Crippen LogP contribution in [0, 0.1) is 22.9 Å². The van der Waals surface area contributed by atoms with Crippen LogP contribution in [0.1, 0.15) is 5.56 Å². The second-order valence-corrected chi connectivity index (χ2v) is 3.98. The Labute approximate surface area is 114 Å². The van der Waals surface area contributed by atoms with Crippen LogP contribution in [0.5, 0.6) is 0 Å². The van der Waals surface area contributed by atoms with Crippen molar-refractivity contribution in [2.45, 2.75) is 6.92 Å². The van der Waals surface area contributed by atoms with Crippen molar-refractivity contribution in [1.82, 2.24) is 9.97 Å². The molecule has 2 rings (SSSR count). The molecule has 0 fully saturated rings. The van der Waals surface area contributed by atoms with Crippen molar-refractivity contribution in [2.24, 2.45) is 0 Å². The molecular formula is C12H12FN5O2. The Morgan fingerprint density at radius 1 is 1.30 bits per heavy atom. The number of para-hydroxylation sites is 1. The highest BCUT2D eigenvalue weighted by Gasteiger charge is 2.23. The van der Waals surface area contributed by atoms with Crippen LogP contribution in [-0.2, 0) is 0 Å². The summed E-state index contributed by atoms with van der Waals surface area (Å²) in [6.07, 6.45) is 1.16. The standard InChI is InChI=1S/C12H12FN5O2/c1-7-4-3-5-8(13)9(7)17-12-10(18(19)20)11(14-2)15-6-16-12/h3-6H,1-2H3,(H2,14,15,16,17). The summed E-state index contributed by atoms with van der Waals surface area (Å²) in [6, 6.07) is 4.52. The molecular weight excluding hydrogens is 265 g/mol. The van der Waals surface area contributed by atoms with E-state index >= 15 is 0 Å². The number of rotatable bonds is 4. The quantitative estimate of drug-likeness (QED) is 0.659. The lowest BCUT2D eigenvalue weighted by Crippen LogP contribution is -2.06. The molecule has 0 aliphatic heterocycles. The molecule has 0 radical (unpaired) electrons. The van der Waals surface area contributed by atoms with Crippen LogP contribution in [0.3, 0.4) is 0 Å². The lowest BCUT2D eigenvalue weighted by molar-refractivity contribution is -0.383. The maximum absolute atomic E-state index is 13.8. The van der Waals surface area contributed by atoms with E-state index in [1.54, 1.807) is 19.1 Å². The molecule has 0 saturated carbocycles. The van der Waals surface area contributed by atoms with Gasteiger partial charge in [0.1, 0.15) is 12.1 Å². The Hall–Kier alpha value is -2.77. The van der Waals surface area contributed by atoms with Crippen molar-refractivity contribution in [1.29, 1.82) is 0 Å². The molecule has 8 heteroatoms. The molecule has 0 aliphatic carbocycles. The zero-order valence-electron chi connectivity index (χ0n) is 10.8. The predicted octanol–water partition coefficient (Wildman–Crippen LogP) is 2.62. The molecule has 0 atom stereocenters. The van der Waals surface area contributed by atoms with Crippen LogP contribution < -0.4 is 10.6 Å². The fourth-order valence-corrected chi connectivity index (χ4v) is 1.73. The maximum Gasteiger partial charge on any atom is 0.353 e. The highest BCUT2D eigenvalue weighted by atomic mass is 19.1. The summed E-state index contributed by atoms with van der Waals surface area (Å²) >= 11 is 0. The van der Waals surface area contributed by atoms with Crippen molar-refractivity contribution in [2.75, 3.05) is 17.7 Å². The third kappa shape index (κ3) is 2.48. The van der Waals surface area contributed by atoms with Crippen LogP contribution in [0.15, 0.2) is 24.5 Å². The van der Waals surface area contributed by atoms with Gasteiger partial charge in [-0.3, -0.25) is 10.1 Å². The summed E-state index contributed by atoms with van der Waals surface area (Å²) < 4.78 is 13.8. The van der Waals surface area contributed by atoms with Gasteiger partial charge in [0, 0.05) is 7.05 Å². The lowest BCUT2D eigenvalue weighted by Gasteiger charge is -2.11. The maximum atomic E-state index is 13.8. The van der Waals surface area contributed by atoms with Gasteiger partial charge in [-0.25, -0.2) is 14.4 Å². The van der Waals surface area contributed by atoms with Gasteiger partial charge in [0.2, 0.25) is 11.6 Å². The summed E-state index contributed by atoms with van der Waals surface area (Å²) in [6.45, 7) is 1.69. The Morgan fingerprint density at radius 3 is 2.60 bits per heavy atom. The van der Waals surface area contributed by atoms with Crippen molar-refractivity contribution < 1.29 is 9.31 Å². The number of nitrogens with zero attached hydrogens (tertiary/aromatic N) is 3. The topological polar surface area (TPSA) is 93.0 Å². The number of halogens is 1. The van der Waals surface area contributed by atoms with E-state index < -0.39 is 10.7 Å². The largest absolute Gasteiger partial charge is 0.367 e. The zero-order valence-corrected chi connectivity index (χ0v) is 10.8. The van der Waals surface area contributed by atoms with Gasteiger partial charge < -0.3 is 10.6 Å². The summed E-state index contributed by atoms with van der Waals surface area (Å²) in [5.74, 6) is -0.520. The van der Waals surface area contributed by atoms with Gasteiger partial charge >= 0.3 is 5.69 Å². The molecule has 1 aromatic heterocycles. The molecule has 1 aromatic carbocycles. The van der Waals surface area contributed by atoms with Crippen LogP contribution in [0.4, 0.5) is 27.4 Å². The van der Waals surface area contributed by atoms with Crippen LogP contribution >= 0.6 is 0 Å². The first kappa shape index (κ1) is 13.7. The van der Waals surface area contributed by atoms with E-state index in [1.807, 2.05) is 0 Å². The molecule has 20 heavy (non-hydrogen) atoms. The average Bonchev–Trinajstić information content (AvgIpc) is 2.42. The highest BCUT2D eigenvalue weighted by Crippen LogP contribution is 2.32. The zero-order chi connectivity index (χ0) is 14.7. The van der Waals surface area contributed by atoms with E-state index in [0.29, 0.717) is 5.56 Å². The average molecular weight is 277 g/mol. The Bertz CT molecular complexity index is 642.